The third-order valence-corrected chi connectivity index (χ3v) is 5.05. The number of hydrogen-bond acceptors (Lipinski definition) is 6. The zero-order chi connectivity index (χ0) is 19.7. The Kier molecular flexibility index (Phi) is 4.54. The summed E-state index contributed by atoms with van der Waals surface area (Å²) < 4.78 is 17.0. The van der Waals surface area contributed by atoms with E-state index in [0.29, 0.717) is 17.2 Å². The molecule has 0 radical (unpaired) electrons. The number of anilines is 1. The number of methoxy groups -OCH3 is 1. The monoisotopic (exact) mass is 384 g/mol. The van der Waals surface area contributed by atoms with Crippen molar-refractivity contribution >= 4 is 17.3 Å². The van der Waals surface area contributed by atoms with E-state index in [4.69, 9.17) is 14.2 Å². The molecule has 146 valence electrons. The van der Waals surface area contributed by atoms with Crippen LogP contribution in [0.4, 0.5) is 11.4 Å². The fraction of sp³-hybridized carbons (Fsp3) is 0.350. The third kappa shape index (κ3) is 3.33. The molecular formula is C20H20N2O6. The van der Waals surface area contributed by atoms with Crippen molar-refractivity contribution in [2.45, 2.75) is 37.9 Å². The summed E-state index contributed by atoms with van der Waals surface area (Å²) in [5, 5.41) is 13.9. The highest BCUT2D eigenvalue weighted by Gasteiger charge is 2.42. The van der Waals surface area contributed by atoms with Crippen LogP contribution in [0, 0.1) is 10.1 Å². The van der Waals surface area contributed by atoms with Crippen molar-refractivity contribution in [3.8, 4) is 17.2 Å². The fourth-order valence-corrected chi connectivity index (χ4v) is 3.64. The van der Waals surface area contributed by atoms with Crippen molar-refractivity contribution < 1.29 is 23.9 Å². The summed E-state index contributed by atoms with van der Waals surface area (Å²) in [5.41, 5.74) is 0.424. The maximum absolute atomic E-state index is 12.5. The summed E-state index contributed by atoms with van der Waals surface area (Å²) in [6.45, 7) is 0. The molecule has 8 nitrogen and oxygen atoms in total. The van der Waals surface area contributed by atoms with E-state index in [2.05, 4.69) is 5.32 Å². The Labute approximate surface area is 161 Å². The van der Waals surface area contributed by atoms with Crippen LogP contribution in [0.3, 0.4) is 0 Å². The molecule has 1 N–H and O–H groups in total. The second-order valence-electron chi connectivity index (χ2n) is 6.93. The average Bonchev–Trinajstić information content (AvgIpc) is 3.04. The normalized spacial score (nSPS) is 16.6. The summed E-state index contributed by atoms with van der Waals surface area (Å²) in [6, 6.07) is 9.28. The number of benzene rings is 2. The number of hydrogen-bond donors (Lipinski definition) is 1. The van der Waals surface area contributed by atoms with E-state index in [1.54, 1.807) is 18.2 Å². The van der Waals surface area contributed by atoms with Gasteiger partial charge in [-0.3, -0.25) is 14.9 Å². The van der Waals surface area contributed by atoms with Crippen LogP contribution in [0.15, 0.2) is 36.4 Å². The van der Waals surface area contributed by atoms with Gasteiger partial charge in [-0.05, 0) is 37.1 Å². The standard InChI is InChI=1S/C20H20N2O6/c1-26-16-7-5-13(11-15(16)22(24)25)19(23)21-14-6-8-17-18(12-14)28-20(27-17)9-3-2-4-10-20/h5-8,11-12H,2-4,9-10H2,1H3,(H,21,23). The molecule has 1 aliphatic heterocycles. The van der Waals surface area contributed by atoms with E-state index in [0.717, 1.165) is 25.7 Å². The van der Waals surface area contributed by atoms with Crippen LogP contribution < -0.4 is 19.5 Å². The van der Waals surface area contributed by atoms with Gasteiger partial charge in [0, 0.05) is 36.2 Å². The summed E-state index contributed by atoms with van der Waals surface area (Å²) in [4.78, 5) is 23.1. The van der Waals surface area contributed by atoms with Crippen molar-refractivity contribution in [1.29, 1.82) is 0 Å². The summed E-state index contributed by atoms with van der Waals surface area (Å²) in [7, 11) is 1.34. The van der Waals surface area contributed by atoms with Gasteiger partial charge in [0.2, 0.25) is 0 Å². The van der Waals surface area contributed by atoms with Gasteiger partial charge in [-0.2, -0.15) is 0 Å². The summed E-state index contributed by atoms with van der Waals surface area (Å²) >= 11 is 0. The second kappa shape index (κ2) is 7.03. The molecule has 2 aromatic rings. The molecule has 0 unspecified atom stereocenters. The van der Waals surface area contributed by atoms with Gasteiger partial charge >= 0.3 is 5.69 Å². The van der Waals surface area contributed by atoms with Crippen LogP contribution in [0.1, 0.15) is 42.5 Å². The van der Waals surface area contributed by atoms with E-state index in [9.17, 15) is 14.9 Å². The molecule has 2 aromatic carbocycles. The molecule has 2 aliphatic rings. The smallest absolute Gasteiger partial charge is 0.311 e. The number of nitrogens with zero attached hydrogens (tertiary/aromatic N) is 1. The van der Waals surface area contributed by atoms with Gasteiger partial charge in [0.25, 0.3) is 11.7 Å². The highest BCUT2D eigenvalue weighted by atomic mass is 16.7. The maximum atomic E-state index is 12.5. The molecule has 4 rings (SSSR count). The lowest BCUT2D eigenvalue weighted by Crippen LogP contribution is -2.40. The van der Waals surface area contributed by atoms with E-state index in [1.807, 2.05) is 0 Å². The number of carbonyl (C=O) groups is 1. The largest absolute Gasteiger partial charge is 0.490 e. The highest BCUT2D eigenvalue weighted by molar-refractivity contribution is 6.05. The number of amides is 1. The summed E-state index contributed by atoms with van der Waals surface area (Å²) in [5.74, 6) is 0.319. The Hall–Kier alpha value is -3.29. The minimum absolute atomic E-state index is 0.0995. The first-order chi connectivity index (χ1) is 13.5. The summed E-state index contributed by atoms with van der Waals surface area (Å²) in [6.07, 6.45) is 5.00. The Morgan fingerprint density at radius 3 is 2.57 bits per heavy atom. The zero-order valence-corrected chi connectivity index (χ0v) is 15.4. The molecule has 0 aromatic heterocycles. The van der Waals surface area contributed by atoms with Crippen molar-refractivity contribution in [3.63, 3.8) is 0 Å². The van der Waals surface area contributed by atoms with Crippen LogP contribution in [-0.2, 0) is 0 Å². The van der Waals surface area contributed by atoms with Gasteiger partial charge in [0.05, 0.1) is 12.0 Å². The van der Waals surface area contributed by atoms with Gasteiger partial charge < -0.3 is 19.5 Å². The fourth-order valence-electron chi connectivity index (χ4n) is 3.64. The minimum atomic E-state index is -0.584. The van der Waals surface area contributed by atoms with Gasteiger partial charge in [-0.1, -0.05) is 6.42 Å². The predicted molar refractivity (Wildman–Crippen MR) is 101 cm³/mol. The van der Waals surface area contributed by atoms with E-state index < -0.39 is 16.6 Å². The van der Waals surface area contributed by atoms with Crippen LogP contribution in [0.5, 0.6) is 17.2 Å². The molecule has 1 amide bonds. The first-order valence-corrected chi connectivity index (χ1v) is 9.15. The number of fused-ring (bicyclic) bond motifs is 1. The van der Waals surface area contributed by atoms with Crippen LogP contribution in [0.25, 0.3) is 0 Å². The van der Waals surface area contributed by atoms with Crippen LogP contribution >= 0.6 is 0 Å². The molecular weight excluding hydrogens is 364 g/mol. The van der Waals surface area contributed by atoms with Gasteiger partial charge in [-0.15, -0.1) is 0 Å². The Morgan fingerprint density at radius 2 is 1.86 bits per heavy atom. The van der Waals surface area contributed by atoms with Crippen molar-refractivity contribution in [2.24, 2.45) is 0 Å². The predicted octanol–water partition coefficient (Wildman–Crippen LogP) is 4.29. The topological polar surface area (TPSA) is 99.9 Å². The van der Waals surface area contributed by atoms with Gasteiger partial charge in [0.15, 0.2) is 17.2 Å². The lowest BCUT2D eigenvalue weighted by atomic mass is 9.94. The number of ether oxygens (including phenoxy) is 3. The first-order valence-electron chi connectivity index (χ1n) is 9.15. The number of rotatable bonds is 4. The molecule has 1 heterocycles. The molecule has 1 aliphatic carbocycles. The molecule has 0 saturated heterocycles. The van der Waals surface area contributed by atoms with Crippen molar-refractivity contribution in [1.82, 2.24) is 0 Å². The Morgan fingerprint density at radius 1 is 1.11 bits per heavy atom. The zero-order valence-electron chi connectivity index (χ0n) is 15.4. The number of nitro groups is 1. The number of nitro benzene ring substituents is 1. The van der Waals surface area contributed by atoms with E-state index in [-0.39, 0.29) is 17.0 Å². The van der Waals surface area contributed by atoms with Crippen LogP contribution in [-0.4, -0.2) is 23.7 Å². The Balaban J connectivity index is 1.52. The number of carbonyl (C=O) groups excluding carboxylic acids is 1. The van der Waals surface area contributed by atoms with Crippen LogP contribution in [0.2, 0.25) is 0 Å². The molecule has 1 fully saturated rings. The van der Waals surface area contributed by atoms with E-state index in [1.165, 1.54) is 31.7 Å². The number of nitrogens with one attached hydrogen (secondary N) is 1. The first kappa shape index (κ1) is 18.1. The molecule has 1 saturated carbocycles. The molecule has 1 spiro atoms. The second-order valence-corrected chi connectivity index (χ2v) is 6.93. The van der Waals surface area contributed by atoms with E-state index >= 15 is 0 Å². The molecule has 28 heavy (non-hydrogen) atoms. The lowest BCUT2D eigenvalue weighted by Gasteiger charge is -2.31. The molecule has 0 atom stereocenters. The van der Waals surface area contributed by atoms with Crippen molar-refractivity contribution in [3.05, 3.63) is 52.1 Å². The quantitative estimate of drug-likeness (QED) is 0.624. The lowest BCUT2D eigenvalue weighted by molar-refractivity contribution is -0.385. The maximum Gasteiger partial charge on any atom is 0.311 e. The third-order valence-electron chi connectivity index (χ3n) is 5.05. The van der Waals surface area contributed by atoms with Gasteiger partial charge in [-0.25, -0.2) is 0 Å². The molecule has 8 heteroatoms. The van der Waals surface area contributed by atoms with Gasteiger partial charge in [0.1, 0.15) is 0 Å². The highest BCUT2D eigenvalue weighted by Crippen LogP contribution is 2.46. The minimum Gasteiger partial charge on any atom is -0.490 e. The molecule has 0 bridgehead atoms. The SMILES string of the molecule is COc1ccc(C(=O)Nc2ccc3c(c2)OC2(CCCCC2)O3)cc1[N+](=O)[O-]. The average molecular weight is 384 g/mol. The van der Waals surface area contributed by atoms with Crippen molar-refractivity contribution in [2.75, 3.05) is 12.4 Å². The Bertz CT molecular complexity index is 936.